The molecule has 0 unspecified atom stereocenters. The van der Waals surface area contributed by atoms with Crippen molar-refractivity contribution in [2.45, 2.75) is 13.8 Å². The lowest BCUT2D eigenvalue weighted by molar-refractivity contribution is -0.120. The van der Waals surface area contributed by atoms with Gasteiger partial charge in [-0.25, -0.2) is 19.0 Å². The molecule has 0 radical (unpaired) electrons. The minimum atomic E-state index is -0.329. The Morgan fingerprint density at radius 1 is 1.11 bits per heavy atom. The van der Waals surface area contributed by atoms with E-state index in [1.165, 1.54) is 18.5 Å². The number of amides is 1. The first-order chi connectivity index (χ1) is 13.0. The number of nitrogens with zero attached hydrogens (tertiary/aromatic N) is 5. The van der Waals surface area contributed by atoms with Crippen molar-refractivity contribution < 1.29 is 9.18 Å². The molecule has 3 heterocycles. The lowest BCUT2D eigenvalue weighted by Crippen LogP contribution is -2.52. The maximum absolute atomic E-state index is 12.9. The molecule has 3 aromatic rings. The molecule has 1 amide bonds. The number of aromatic nitrogens is 4. The molecule has 1 aliphatic rings. The van der Waals surface area contributed by atoms with Gasteiger partial charge in [0.25, 0.3) is 0 Å². The highest BCUT2D eigenvalue weighted by atomic mass is 19.1. The van der Waals surface area contributed by atoms with Gasteiger partial charge in [0.15, 0.2) is 5.82 Å². The molecule has 1 saturated heterocycles. The Kier molecular flexibility index (Phi) is 4.31. The molecule has 27 heavy (non-hydrogen) atoms. The minimum absolute atomic E-state index is 0.0781. The van der Waals surface area contributed by atoms with Crippen LogP contribution in [0.4, 0.5) is 15.9 Å². The maximum Gasteiger partial charge on any atom is 0.231 e. The molecule has 1 N–H and O–H groups in total. The highest BCUT2D eigenvalue weighted by Gasteiger charge is 2.33. The first-order valence-electron chi connectivity index (χ1n) is 8.66. The van der Waals surface area contributed by atoms with Gasteiger partial charge in [0.05, 0.1) is 11.6 Å². The number of carbonyl (C=O) groups excluding carboxylic acids is 1. The topological polar surface area (TPSA) is 75.9 Å². The molecule has 2 aromatic heterocycles. The van der Waals surface area contributed by atoms with E-state index in [0.717, 1.165) is 17.2 Å². The third kappa shape index (κ3) is 3.51. The summed E-state index contributed by atoms with van der Waals surface area (Å²) in [5.74, 6) is 0.918. The Morgan fingerprint density at radius 2 is 1.81 bits per heavy atom. The van der Waals surface area contributed by atoms with Gasteiger partial charge < -0.3 is 10.2 Å². The van der Waals surface area contributed by atoms with Crippen LogP contribution in [-0.4, -0.2) is 38.7 Å². The van der Waals surface area contributed by atoms with Gasteiger partial charge in [-0.15, -0.1) is 0 Å². The average Bonchev–Trinajstić information content (AvgIpc) is 2.94. The first kappa shape index (κ1) is 17.1. The molecule has 1 fully saturated rings. The van der Waals surface area contributed by atoms with Crippen LogP contribution >= 0.6 is 0 Å². The van der Waals surface area contributed by atoms with Gasteiger partial charge in [-0.05, 0) is 44.2 Å². The number of anilines is 2. The third-order valence-corrected chi connectivity index (χ3v) is 4.55. The molecule has 0 saturated carbocycles. The van der Waals surface area contributed by atoms with Crippen LogP contribution in [0.25, 0.3) is 5.82 Å². The van der Waals surface area contributed by atoms with Gasteiger partial charge >= 0.3 is 0 Å². The number of rotatable bonds is 4. The smallest absolute Gasteiger partial charge is 0.231 e. The lowest BCUT2D eigenvalue weighted by atomic mass is 9.99. The molecule has 8 heteroatoms. The van der Waals surface area contributed by atoms with E-state index in [1.54, 1.807) is 16.8 Å². The van der Waals surface area contributed by atoms with Crippen molar-refractivity contribution >= 4 is 17.4 Å². The van der Waals surface area contributed by atoms with Crippen molar-refractivity contribution in [3.8, 4) is 5.82 Å². The van der Waals surface area contributed by atoms with Crippen molar-refractivity contribution in [2.24, 2.45) is 5.92 Å². The van der Waals surface area contributed by atoms with Crippen LogP contribution in [0.5, 0.6) is 0 Å². The van der Waals surface area contributed by atoms with Crippen LogP contribution < -0.4 is 10.2 Å². The number of aryl methyl sites for hydroxylation is 2. The molecule has 7 nitrogen and oxygen atoms in total. The second kappa shape index (κ2) is 6.79. The van der Waals surface area contributed by atoms with Crippen LogP contribution in [0.15, 0.2) is 42.7 Å². The summed E-state index contributed by atoms with van der Waals surface area (Å²) < 4.78 is 14.7. The van der Waals surface area contributed by atoms with Gasteiger partial charge in [-0.3, -0.25) is 4.79 Å². The maximum atomic E-state index is 12.9. The SMILES string of the molecule is Cc1cc(C)n(-c2cc(N3CC(C(=O)Nc4ccc(F)cc4)C3)ncn2)n1. The molecular weight excluding hydrogens is 347 g/mol. The largest absolute Gasteiger partial charge is 0.355 e. The molecule has 0 atom stereocenters. The summed E-state index contributed by atoms with van der Waals surface area (Å²) in [6.45, 7) is 5.05. The number of halogens is 1. The molecule has 1 aliphatic heterocycles. The molecule has 0 bridgehead atoms. The zero-order valence-corrected chi connectivity index (χ0v) is 15.1. The van der Waals surface area contributed by atoms with Crippen LogP contribution in [-0.2, 0) is 4.79 Å². The van der Waals surface area contributed by atoms with E-state index in [1.807, 2.05) is 30.9 Å². The summed E-state index contributed by atoms with van der Waals surface area (Å²) in [4.78, 5) is 22.9. The Balaban J connectivity index is 1.40. The summed E-state index contributed by atoms with van der Waals surface area (Å²) in [6.07, 6.45) is 1.51. The quantitative estimate of drug-likeness (QED) is 0.768. The van der Waals surface area contributed by atoms with Crippen molar-refractivity contribution in [2.75, 3.05) is 23.3 Å². The highest BCUT2D eigenvalue weighted by molar-refractivity contribution is 5.94. The van der Waals surface area contributed by atoms with Gasteiger partial charge in [0, 0.05) is 30.5 Å². The van der Waals surface area contributed by atoms with E-state index in [2.05, 4.69) is 20.4 Å². The number of hydrogen-bond acceptors (Lipinski definition) is 5. The van der Waals surface area contributed by atoms with E-state index < -0.39 is 0 Å². The minimum Gasteiger partial charge on any atom is -0.355 e. The van der Waals surface area contributed by atoms with E-state index in [-0.39, 0.29) is 17.6 Å². The summed E-state index contributed by atoms with van der Waals surface area (Å²) in [6, 6.07) is 9.60. The number of carbonyl (C=O) groups is 1. The molecule has 1 aromatic carbocycles. The second-order valence-electron chi connectivity index (χ2n) is 6.67. The Labute approximate surface area is 155 Å². The highest BCUT2D eigenvalue weighted by Crippen LogP contribution is 2.25. The monoisotopic (exact) mass is 366 g/mol. The molecular formula is C19H19FN6O. The van der Waals surface area contributed by atoms with Crippen molar-refractivity contribution in [1.82, 2.24) is 19.7 Å². The van der Waals surface area contributed by atoms with Gasteiger partial charge in [0.2, 0.25) is 5.91 Å². The predicted octanol–water partition coefficient (Wildman–Crippen LogP) is 2.49. The van der Waals surface area contributed by atoms with E-state index >= 15 is 0 Å². The van der Waals surface area contributed by atoms with Crippen molar-refractivity contribution in [1.29, 1.82) is 0 Å². The fraction of sp³-hybridized carbons (Fsp3) is 0.263. The number of benzene rings is 1. The van der Waals surface area contributed by atoms with Crippen LogP contribution in [0.3, 0.4) is 0 Å². The zero-order chi connectivity index (χ0) is 19.0. The van der Waals surface area contributed by atoms with Crippen molar-refractivity contribution in [3.05, 3.63) is 59.9 Å². The number of hydrogen-bond donors (Lipinski definition) is 1. The second-order valence-corrected chi connectivity index (χ2v) is 6.67. The van der Waals surface area contributed by atoms with Gasteiger partial charge in [-0.2, -0.15) is 5.10 Å². The molecule has 138 valence electrons. The van der Waals surface area contributed by atoms with E-state index in [0.29, 0.717) is 24.6 Å². The Bertz CT molecular complexity index is 978. The van der Waals surface area contributed by atoms with Gasteiger partial charge in [0.1, 0.15) is 18.0 Å². The van der Waals surface area contributed by atoms with E-state index in [9.17, 15) is 9.18 Å². The lowest BCUT2D eigenvalue weighted by Gasteiger charge is -2.39. The molecule has 0 aliphatic carbocycles. The van der Waals surface area contributed by atoms with Crippen LogP contribution in [0.1, 0.15) is 11.4 Å². The summed E-state index contributed by atoms with van der Waals surface area (Å²) in [7, 11) is 0. The summed E-state index contributed by atoms with van der Waals surface area (Å²) in [5.41, 5.74) is 2.51. The summed E-state index contributed by atoms with van der Waals surface area (Å²) >= 11 is 0. The third-order valence-electron chi connectivity index (χ3n) is 4.55. The normalized spacial score (nSPS) is 14.1. The van der Waals surface area contributed by atoms with Crippen LogP contribution in [0.2, 0.25) is 0 Å². The Hall–Kier alpha value is -3.29. The standard InChI is InChI=1S/C19H19FN6O/c1-12-7-13(2)26(24-12)18-8-17(21-11-22-18)25-9-14(10-25)19(27)23-16-5-3-15(20)4-6-16/h3-8,11,14H,9-10H2,1-2H3,(H,23,27). The average molecular weight is 366 g/mol. The molecule has 4 rings (SSSR count). The predicted molar refractivity (Wildman–Crippen MR) is 99.4 cm³/mol. The first-order valence-corrected chi connectivity index (χ1v) is 8.66. The van der Waals surface area contributed by atoms with E-state index in [4.69, 9.17) is 0 Å². The number of nitrogens with one attached hydrogen (secondary N) is 1. The fourth-order valence-corrected chi connectivity index (χ4v) is 3.10. The molecule has 0 spiro atoms. The zero-order valence-electron chi connectivity index (χ0n) is 15.1. The summed E-state index contributed by atoms with van der Waals surface area (Å²) in [5, 5.41) is 7.25. The van der Waals surface area contributed by atoms with Gasteiger partial charge in [-0.1, -0.05) is 0 Å². The fourth-order valence-electron chi connectivity index (χ4n) is 3.10. The van der Waals surface area contributed by atoms with Crippen LogP contribution in [0, 0.1) is 25.6 Å². The Morgan fingerprint density at radius 3 is 2.48 bits per heavy atom. The van der Waals surface area contributed by atoms with Crippen molar-refractivity contribution in [3.63, 3.8) is 0 Å².